The van der Waals surface area contributed by atoms with Gasteiger partial charge < -0.3 is 15.7 Å². The number of hydrogen-bond acceptors (Lipinski definition) is 4. The molecule has 0 saturated carbocycles. The Morgan fingerprint density at radius 2 is 2.29 bits per heavy atom. The van der Waals surface area contributed by atoms with Gasteiger partial charge in [0.15, 0.2) is 5.69 Å². The SMILES string of the molecule is CN(C)CCCn1nc(C(=O)O)c2c1CCCC2CCN. The van der Waals surface area contributed by atoms with Crippen LogP contribution in [-0.4, -0.2) is 52.9 Å². The highest BCUT2D eigenvalue weighted by atomic mass is 16.4. The van der Waals surface area contributed by atoms with E-state index in [4.69, 9.17) is 5.73 Å². The zero-order valence-electron chi connectivity index (χ0n) is 13.0. The Balaban J connectivity index is 2.27. The number of carboxylic acids is 1. The molecule has 1 heterocycles. The third-order valence-electron chi connectivity index (χ3n) is 4.17. The number of carboxylic acid groups (broad SMARTS) is 1. The summed E-state index contributed by atoms with van der Waals surface area (Å²) in [6, 6.07) is 0. The van der Waals surface area contributed by atoms with Crippen molar-refractivity contribution in [2.45, 2.75) is 44.6 Å². The largest absolute Gasteiger partial charge is 0.476 e. The molecule has 0 radical (unpaired) electrons. The number of aromatic nitrogens is 2. The number of rotatable bonds is 7. The van der Waals surface area contributed by atoms with Crippen LogP contribution in [0.2, 0.25) is 0 Å². The van der Waals surface area contributed by atoms with Crippen LogP contribution in [0.4, 0.5) is 0 Å². The van der Waals surface area contributed by atoms with Crippen molar-refractivity contribution in [2.75, 3.05) is 27.2 Å². The van der Waals surface area contributed by atoms with Crippen molar-refractivity contribution in [3.8, 4) is 0 Å². The lowest BCUT2D eigenvalue weighted by Gasteiger charge is -2.23. The average Bonchev–Trinajstić information content (AvgIpc) is 2.79. The molecule has 118 valence electrons. The van der Waals surface area contributed by atoms with Crippen molar-refractivity contribution in [1.29, 1.82) is 0 Å². The van der Waals surface area contributed by atoms with E-state index in [2.05, 4.69) is 10.00 Å². The molecule has 1 unspecified atom stereocenters. The molecule has 6 heteroatoms. The van der Waals surface area contributed by atoms with Crippen LogP contribution in [0.25, 0.3) is 0 Å². The molecule has 21 heavy (non-hydrogen) atoms. The van der Waals surface area contributed by atoms with Gasteiger partial charge in [0.2, 0.25) is 0 Å². The molecule has 0 amide bonds. The van der Waals surface area contributed by atoms with Crippen LogP contribution in [0, 0.1) is 0 Å². The molecular weight excluding hydrogens is 268 g/mol. The Hall–Kier alpha value is -1.40. The van der Waals surface area contributed by atoms with Gasteiger partial charge in [-0.1, -0.05) is 0 Å². The first kappa shape index (κ1) is 16.0. The summed E-state index contributed by atoms with van der Waals surface area (Å²) < 4.78 is 1.92. The predicted molar refractivity (Wildman–Crippen MR) is 81.7 cm³/mol. The monoisotopic (exact) mass is 294 g/mol. The van der Waals surface area contributed by atoms with Gasteiger partial charge in [-0.2, -0.15) is 5.10 Å². The van der Waals surface area contributed by atoms with Crippen molar-refractivity contribution < 1.29 is 9.90 Å². The molecule has 0 aliphatic heterocycles. The summed E-state index contributed by atoms with van der Waals surface area (Å²) in [4.78, 5) is 13.6. The van der Waals surface area contributed by atoms with Crippen LogP contribution >= 0.6 is 0 Å². The van der Waals surface area contributed by atoms with E-state index in [1.165, 1.54) is 0 Å². The number of hydrogen-bond donors (Lipinski definition) is 2. The molecule has 1 aromatic rings. The molecule has 1 aliphatic carbocycles. The normalized spacial score (nSPS) is 18.0. The molecule has 2 rings (SSSR count). The minimum Gasteiger partial charge on any atom is -0.476 e. The molecule has 0 saturated heterocycles. The number of aryl methyl sites for hydroxylation is 1. The Morgan fingerprint density at radius 3 is 2.90 bits per heavy atom. The Bertz CT molecular complexity index is 496. The number of fused-ring (bicyclic) bond motifs is 1. The first-order valence-corrected chi connectivity index (χ1v) is 7.72. The van der Waals surface area contributed by atoms with Gasteiger partial charge in [-0.15, -0.1) is 0 Å². The fourth-order valence-electron chi connectivity index (χ4n) is 3.23. The highest BCUT2D eigenvalue weighted by molar-refractivity contribution is 5.87. The van der Waals surface area contributed by atoms with Crippen LogP contribution in [-0.2, 0) is 13.0 Å². The van der Waals surface area contributed by atoms with E-state index in [-0.39, 0.29) is 11.6 Å². The lowest BCUT2D eigenvalue weighted by atomic mass is 9.83. The van der Waals surface area contributed by atoms with Gasteiger partial charge in [-0.3, -0.25) is 4.68 Å². The molecule has 3 N–H and O–H groups in total. The summed E-state index contributed by atoms with van der Waals surface area (Å²) in [5.41, 5.74) is 8.00. The van der Waals surface area contributed by atoms with E-state index in [0.29, 0.717) is 6.54 Å². The third kappa shape index (κ3) is 3.63. The van der Waals surface area contributed by atoms with Gasteiger partial charge >= 0.3 is 5.97 Å². The van der Waals surface area contributed by atoms with Crippen molar-refractivity contribution >= 4 is 5.97 Å². The van der Waals surface area contributed by atoms with E-state index >= 15 is 0 Å². The van der Waals surface area contributed by atoms with Crippen LogP contribution in [0.1, 0.15) is 53.3 Å². The van der Waals surface area contributed by atoms with Crippen LogP contribution in [0.15, 0.2) is 0 Å². The van der Waals surface area contributed by atoms with Gasteiger partial charge in [0.05, 0.1) is 0 Å². The van der Waals surface area contributed by atoms with E-state index in [0.717, 1.165) is 56.5 Å². The number of aromatic carboxylic acids is 1. The first-order chi connectivity index (χ1) is 10.0. The van der Waals surface area contributed by atoms with Crippen molar-refractivity contribution in [3.63, 3.8) is 0 Å². The summed E-state index contributed by atoms with van der Waals surface area (Å²) in [6.45, 7) is 2.35. The summed E-state index contributed by atoms with van der Waals surface area (Å²) in [6.07, 6.45) is 4.86. The summed E-state index contributed by atoms with van der Waals surface area (Å²) >= 11 is 0. The average molecular weight is 294 g/mol. The van der Waals surface area contributed by atoms with Gasteiger partial charge in [-0.05, 0) is 65.2 Å². The highest BCUT2D eigenvalue weighted by Crippen LogP contribution is 2.36. The van der Waals surface area contributed by atoms with Crippen LogP contribution in [0.3, 0.4) is 0 Å². The fraction of sp³-hybridized carbons (Fsp3) is 0.733. The number of carbonyl (C=O) groups is 1. The maximum absolute atomic E-state index is 11.5. The van der Waals surface area contributed by atoms with Crippen molar-refractivity contribution in [2.24, 2.45) is 5.73 Å². The Labute approximate surface area is 125 Å². The second-order valence-electron chi connectivity index (χ2n) is 6.06. The molecule has 0 bridgehead atoms. The van der Waals surface area contributed by atoms with Gasteiger partial charge in [0.25, 0.3) is 0 Å². The zero-order chi connectivity index (χ0) is 15.4. The Kier molecular flexibility index (Phi) is 5.36. The highest BCUT2D eigenvalue weighted by Gasteiger charge is 2.30. The molecule has 1 atom stereocenters. The summed E-state index contributed by atoms with van der Waals surface area (Å²) in [7, 11) is 4.08. The minimum atomic E-state index is -0.915. The van der Waals surface area contributed by atoms with E-state index in [9.17, 15) is 9.90 Å². The van der Waals surface area contributed by atoms with Gasteiger partial charge in [-0.25, -0.2) is 4.79 Å². The molecular formula is C15H26N4O2. The third-order valence-corrected chi connectivity index (χ3v) is 4.17. The van der Waals surface area contributed by atoms with Crippen LogP contribution < -0.4 is 5.73 Å². The quantitative estimate of drug-likeness (QED) is 0.792. The van der Waals surface area contributed by atoms with Gasteiger partial charge in [0, 0.05) is 17.8 Å². The van der Waals surface area contributed by atoms with Crippen LogP contribution in [0.5, 0.6) is 0 Å². The first-order valence-electron chi connectivity index (χ1n) is 7.72. The predicted octanol–water partition coefficient (Wildman–Crippen LogP) is 1.30. The van der Waals surface area contributed by atoms with E-state index < -0.39 is 5.97 Å². The number of nitrogens with two attached hydrogens (primary N) is 1. The second-order valence-corrected chi connectivity index (χ2v) is 6.06. The summed E-state index contributed by atoms with van der Waals surface area (Å²) in [5, 5.41) is 13.8. The molecule has 6 nitrogen and oxygen atoms in total. The molecule has 0 fully saturated rings. The molecule has 1 aromatic heterocycles. The molecule has 0 aromatic carbocycles. The van der Waals surface area contributed by atoms with E-state index in [1.807, 2.05) is 18.8 Å². The maximum atomic E-state index is 11.5. The standard InChI is InChI=1S/C15H26N4O2/c1-18(2)9-4-10-19-12-6-3-5-11(7-8-16)13(12)14(17-19)15(20)21/h11H,3-10,16H2,1-2H3,(H,20,21). The molecule has 1 aliphatic rings. The van der Waals surface area contributed by atoms with Crippen molar-refractivity contribution in [1.82, 2.24) is 14.7 Å². The minimum absolute atomic E-state index is 0.244. The van der Waals surface area contributed by atoms with E-state index in [1.54, 1.807) is 0 Å². The fourth-order valence-corrected chi connectivity index (χ4v) is 3.23. The zero-order valence-corrected chi connectivity index (χ0v) is 13.0. The van der Waals surface area contributed by atoms with Gasteiger partial charge in [0.1, 0.15) is 0 Å². The lowest BCUT2D eigenvalue weighted by Crippen LogP contribution is -2.18. The summed E-state index contributed by atoms with van der Waals surface area (Å²) in [5.74, 6) is -0.658. The molecule has 0 spiro atoms. The maximum Gasteiger partial charge on any atom is 0.356 e. The number of nitrogens with zero attached hydrogens (tertiary/aromatic N) is 3. The smallest absolute Gasteiger partial charge is 0.356 e. The topological polar surface area (TPSA) is 84.4 Å². The second kappa shape index (κ2) is 7.04. The van der Waals surface area contributed by atoms with Crippen molar-refractivity contribution in [3.05, 3.63) is 17.0 Å². The Morgan fingerprint density at radius 1 is 1.52 bits per heavy atom. The lowest BCUT2D eigenvalue weighted by molar-refractivity contribution is 0.0687.